The number of nitro groups is 1. The molecule has 0 amide bonds. The minimum absolute atomic E-state index is 0.0540. The molecule has 0 saturated heterocycles. The lowest BCUT2D eigenvalue weighted by Crippen LogP contribution is -2.06. The largest absolute Gasteiger partial charge is 0.363 e. The monoisotopic (exact) mass is 252 g/mol. The van der Waals surface area contributed by atoms with Crippen molar-refractivity contribution in [1.82, 2.24) is 9.78 Å². The molecule has 2 rings (SSSR count). The van der Waals surface area contributed by atoms with Gasteiger partial charge in [-0.1, -0.05) is 25.7 Å². The molecule has 0 spiro atoms. The summed E-state index contributed by atoms with van der Waals surface area (Å²) < 4.78 is 1.47. The van der Waals surface area contributed by atoms with Crippen molar-refractivity contribution in [2.45, 2.75) is 38.5 Å². The van der Waals surface area contributed by atoms with Crippen molar-refractivity contribution in [3.63, 3.8) is 0 Å². The third kappa shape index (κ3) is 3.21. The summed E-state index contributed by atoms with van der Waals surface area (Å²) in [6.07, 6.45) is 9.13. The minimum atomic E-state index is -0.397. The SMILES string of the molecule is Cn1cc([N+](=O)[O-])c(NCCCC2CCCC2)n1. The molecular weight excluding hydrogens is 232 g/mol. The van der Waals surface area contributed by atoms with Gasteiger partial charge in [-0.15, -0.1) is 5.10 Å². The Hall–Kier alpha value is -1.59. The zero-order valence-electron chi connectivity index (χ0n) is 10.8. The maximum absolute atomic E-state index is 10.8. The first-order valence-corrected chi connectivity index (χ1v) is 6.58. The predicted molar refractivity (Wildman–Crippen MR) is 69.5 cm³/mol. The summed E-state index contributed by atoms with van der Waals surface area (Å²) in [5, 5.41) is 17.9. The van der Waals surface area contributed by atoms with Gasteiger partial charge < -0.3 is 5.32 Å². The zero-order valence-corrected chi connectivity index (χ0v) is 10.8. The maximum Gasteiger partial charge on any atom is 0.330 e. The maximum atomic E-state index is 10.8. The Morgan fingerprint density at radius 1 is 1.56 bits per heavy atom. The second-order valence-electron chi connectivity index (χ2n) is 5.01. The number of aryl methyl sites for hydroxylation is 1. The summed E-state index contributed by atoms with van der Waals surface area (Å²) in [6, 6.07) is 0. The molecule has 0 unspecified atom stereocenters. The highest BCUT2D eigenvalue weighted by molar-refractivity contribution is 5.54. The summed E-state index contributed by atoms with van der Waals surface area (Å²) in [5.41, 5.74) is 0.0540. The molecule has 1 aliphatic rings. The molecule has 1 N–H and O–H groups in total. The molecule has 0 aromatic carbocycles. The van der Waals surface area contributed by atoms with Crippen LogP contribution in [0.2, 0.25) is 0 Å². The van der Waals surface area contributed by atoms with Crippen LogP contribution in [-0.4, -0.2) is 21.2 Å². The molecule has 0 aliphatic heterocycles. The quantitative estimate of drug-likeness (QED) is 0.480. The summed E-state index contributed by atoms with van der Waals surface area (Å²) in [5.74, 6) is 1.25. The molecule has 1 saturated carbocycles. The zero-order chi connectivity index (χ0) is 13.0. The van der Waals surface area contributed by atoms with Crippen LogP contribution in [0.5, 0.6) is 0 Å². The van der Waals surface area contributed by atoms with Crippen molar-refractivity contribution in [3.05, 3.63) is 16.3 Å². The molecule has 1 fully saturated rings. The lowest BCUT2D eigenvalue weighted by Gasteiger charge is -2.08. The van der Waals surface area contributed by atoms with E-state index in [1.807, 2.05) is 0 Å². The molecule has 1 aromatic rings. The van der Waals surface area contributed by atoms with E-state index in [0.29, 0.717) is 5.82 Å². The highest BCUT2D eigenvalue weighted by atomic mass is 16.6. The van der Waals surface area contributed by atoms with Crippen molar-refractivity contribution in [1.29, 1.82) is 0 Å². The predicted octanol–water partition coefficient (Wildman–Crippen LogP) is 2.71. The average Bonchev–Trinajstić information content (AvgIpc) is 2.93. The second kappa shape index (κ2) is 5.84. The van der Waals surface area contributed by atoms with Gasteiger partial charge in [0.15, 0.2) is 0 Å². The summed E-state index contributed by atoms with van der Waals surface area (Å²) >= 11 is 0. The molecule has 100 valence electrons. The minimum Gasteiger partial charge on any atom is -0.363 e. The Morgan fingerprint density at radius 2 is 2.28 bits per heavy atom. The third-order valence-corrected chi connectivity index (χ3v) is 3.56. The first-order chi connectivity index (χ1) is 8.66. The summed E-state index contributed by atoms with van der Waals surface area (Å²) in [6.45, 7) is 0.758. The van der Waals surface area contributed by atoms with Crippen LogP contribution in [0.15, 0.2) is 6.20 Å². The van der Waals surface area contributed by atoms with Gasteiger partial charge in [0.05, 0.1) is 4.92 Å². The first kappa shape index (κ1) is 12.9. The fraction of sp³-hybridized carbons (Fsp3) is 0.750. The van der Waals surface area contributed by atoms with Gasteiger partial charge in [0.2, 0.25) is 5.82 Å². The Balaban J connectivity index is 1.77. The van der Waals surface area contributed by atoms with Crippen LogP contribution < -0.4 is 5.32 Å². The van der Waals surface area contributed by atoms with E-state index in [1.54, 1.807) is 7.05 Å². The van der Waals surface area contributed by atoms with Gasteiger partial charge in [-0.2, -0.15) is 0 Å². The van der Waals surface area contributed by atoms with Crippen molar-refractivity contribution in [3.8, 4) is 0 Å². The molecule has 0 atom stereocenters. The average molecular weight is 252 g/mol. The van der Waals surface area contributed by atoms with E-state index in [1.165, 1.54) is 43.0 Å². The van der Waals surface area contributed by atoms with Crippen LogP contribution in [0, 0.1) is 16.0 Å². The fourth-order valence-corrected chi connectivity index (χ4v) is 2.63. The number of hydrogen-bond donors (Lipinski definition) is 1. The van der Waals surface area contributed by atoms with Gasteiger partial charge in [0.25, 0.3) is 0 Å². The number of aromatic nitrogens is 2. The Morgan fingerprint density at radius 3 is 2.94 bits per heavy atom. The second-order valence-corrected chi connectivity index (χ2v) is 5.01. The topological polar surface area (TPSA) is 73.0 Å². The number of anilines is 1. The van der Waals surface area contributed by atoms with E-state index >= 15 is 0 Å². The molecule has 0 bridgehead atoms. The summed E-state index contributed by atoms with van der Waals surface area (Å²) in [4.78, 5) is 10.4. The normalized spacial score (nSPS) is 16.1. The number of rotatable bonds is 6. The van der Waals surface area contributed by atoms with Crippen LogP contribution in [0.3, 0.4) is 0 Å². The van der Waals surface area contributed by atoms with Gasteiger partial charge >= 0.3 is 5.69 Å². The standard InChI is InChI=1S/C12H20N4O2/c1-15-9-11(16(17)18)12(14-15)13-8-4-7-10-5-2-3-6-10/h9-10H,2-8H2,1H3,(H,13,14). The van der Waals surface area contributed by atoms with E-state index in [4.69, 9.17) is 0 Å². The highest BCUT2D eigenvalue weighted by Gasteiger charge is 2.18. The van der Waals surface area contributed by atoms with E-state index < -0.39 is 4.92 Å². The fourth-order valence-electron chi connectivity index (χ4n) is 2.63. The van der Waals surface area contributed by atoms with Crippen LogP contribution in [-0.2, 0) is 7.05 Å². The van der Waals surface area contributed by atoms with Crippen LogP contribution in [0.25, 0.3) is 0 Å². The number of nitrogens with zero attached hydrogens (tertiary/aromatic N) is 3. The Bertz CT molecular complexity index is 410. The first-order valence-electron chi connectivity index (χ1n) is 6.58. The Labute approximate surface area is 107 Å². The Kier molecular flexibility index (Phi) is 4.17. The molecule has 0 radical (unpaired) electrons. The summed E-state index contributed by atoms with van der Waals surface area (Å²) in [7, 11) is 1.69. The van der Waals surface area contributed by atoms with Gasteiger partial charge in [0.1, 0.15) is 6.20 Å². The third-order valence-electron chi connectivity index (χ3n) is 3.56. The van der Waals surface area contributed by atoms with Gasteiger partial charge in [-0.25, -0.2) is 0 Å². The number of hydrogen-bond acceptors (Lipinski definition) is 4. The molecule has 1 aliphatic carbocycles. The van der Waals surface area contributed by atoms with E-state index in [0.717, 1.165) is 18.9 Å². The smallest absolute Gasteiger partial charge is 0.330 e. The van der Waals surface area contributed by atoms with Crippen LogP contribution in [0.4, 0.5) is 11.5 Å². The highest BCUT2D eigenvalue weighted by Crippen LogP contribution is 2.28. The van der Waals surface area contributed by atoms with E-state index in [-0.39, 0.29) is 5.69 Å². The van der Waals surface area contributed by atoms with E-state index in [2.05, 4.69) is 10.4 Å². The van der Waals surface area contributed by atoms with Crippen molar-refractivity contribution in [2.75, 3.05) is 11.9 Å². The lowest BCUT2D eigenvalue weighted by atomic mass is 10.0. The van der Waals surface area contributed by atoms with E-state index in [9.17, 15) is 10.1 Å². The molecule has 6 nitrogen and oxygen atoms in total. The number of nitrogens with one attached hydrogen (secondary N) is 1. The van der Waals surface area contributed by atoms with Gasteiger partial charge in [-0.05, 0) is 18.8 Å². The van der Waals surface area contributed by atoms with Crippen LogP contribution >= 0.6 is 0 Å². The van der Waals surface area contributed by atoms with Crippen molar-refractivity contribution in [2.24, 2.45) is 13.0 Å². The molecular formula is C12H20N4O2. The molecule has 18 heavy (non-hydrogen) atoms. The van der Waals surface area contributed by atoms with Gasteiger partial charge in [-0.3, -0.25) is 14.8 Å². The van der Waals surface area contributed by atoms with Crippen molar-refractivity contribution < 1.29 is 4.92 Å². The van der Waals surface area contributed by atoms with Crippen LogP contribution in [0.1, 0.15) is 38.5 Å². The molecule has 1 aromatic heterocycles. The van der Waals surface area contributed by atoms with Crippen molar-refractivity contribution >= 4 is 11.5 Å². The lowest BCUT2D eigenvalue weighted by molar-refractivity contribution is -0.384. The molecule has 1 heterocycles. The molecule has 6 heteroatoms. The van der Waals surface area contributed by atoms with Gasteiger partial charge in [0, 0.05) is 13.6 Å².